The van der Waals surface area contributed by atoms with E-state index >= 15 is 0 Å². The van der Waals surface area contributed by atoms with Crippen molar-refractivity contribution in [3.63, 3.8) is 0 Å². The number of imide groups is 1. The maximum absolute atomic E-state index is 12.3. The Kier molecular flexibility index (Phi) is 7.65. The maximum Gasteiger partial charge on any atom is 0.306 e. The highest BCUT2D eigenvalue weighted by Gasteiger charge is 2.34. The predicted molar refractivity (Wildman–Crippen MR) is 116 cm³/mol. The summed E-state index contributed by atoms with van der Waals surface area (Å²) in [6, 6.07) is 11.4. The van der Waals surface area contributed by atoms with Crippen molar-refractivity contribution in [3.05, 3.63) is 63.6 Å². The van der Waals surface area contributed by atoms with Gasteiger partial charge in [0.25, 0.3) is 17.7 Å². The fourth-order valence-electron chi connectivity index (χ4n) is 3.15. The second-order valence-electron chi connectivity index (χ2n) is 6.95. The number of esters is 1. The molecule has 2 aromatic rings. The van der Waals surface area contributed by atoms with Crippen LogP contribution in [0.4, 0.5) is 5.69 Å². The lowest BCUT2D eigenvalue weighted by Gasteiger charge is -2.13. The summed E-state index contributed by atoms with van der Waals surface area (Å²) in [6.45, 7) is -0.127. The average molecular weight is 463 g/mol. The van der Waals surface area contributed by atoms with Crippen LogP contribution in [0.5, 0.6) is 0 Å². The molecule has 2 aromatic carbocycles. The third-order valence-corrected chi connectivity index (χ3v) is 5.26. The highest BCUT2D eigenvalue weighted by atomic mass is 35.5. The van der Waals surface area contributed by atoms with E-state index in [0.29, 0.717) is 47.6 Å². The number of hydrogen-bond donors (Lipinski definition) is 1. The number of hydrogen-bond acceptors (Lipinski definition) is 5. The summed E-state index contributed by atoms with van der Waals surface area (Å²) in [5.74, 6) is -1.58. The van der Waals surface area contributed by atoms with Gasteiger partial charge in [0, 0.05) is 18.0 Å². The highest BCUT2D eigenvalue weighted by molar-refractivity contribution is 6.36. The molecule has 0 unspecified atom stereocenters. The number of benzene rings is 2. The van der Waals surface area contributed by atoms with E-state index < -0.39 is 18.5 Å². The minimum Gasteiger partial charge on any atom is -0.456 e. The number of anilines is 1. The number of nitrogens with one attached hydrogen (secondary N) is 1. The number of amides is 3. The van der Waals surface area contributed by atoms with Crippen LogP contribution in [0.2, 0.25) is 10.0 Å². The van der Waals surface area contributed by atoms with Gasteiger partial charge in [-0.25, -0.2) is 0 Å². The van der Waals surface area contributed by atoms with Gasteiger partial charge in [-0.1, -0.05) is 41.8 Å². The van der Waals surface area contributed by atoms with Crippen molar-refractivity contribution in [2.75, 3.05) is 18.5 Å². The fourth-order valence-corrected chi connectivity index (χ4v) is 3.61. The van der Waals surface area contributed by atoms with Crippen LogP contribution in [0, 0.1) is 0 Å². The van der Waals surface area contributed by atoms with Crippen LogP contribution >= 0.6 is 23.2 Å². The van der Waals surface area contributed by atoms with Crippen molar-refractivity contribution in [3.8, 4) is 0 Å². The normalized spacial score (nSPS) is 12.6. The summed E-state index contributed by atoms with van der Waals surface area (Å²) in [4.78, 5) is 49.5. The molecule has 7 nitrogen and oxygen atoms in total. The number of nitrogens with zero attached hydrogens (tertiary/aromatic N) is 1. The van der Waals surface area contributed by atoms with Crippen LogP contribution < -0.4 is 5.32 Å². The summed E-state index contributed by atoms with van der Waals surface area (Å²) in [5, 5.41) is 3.26. The van der Waals surface area contributed by atoms with E-state index in [9.17, 15) is 19.2 Å². The van der Waals surface area contributed by atoms with Gasteiger partial charge < -0.3 is 10.1 Å². The Bertz CT molecular complexity index is 990. The van der Waals surface area contributed by atoms with E-state index in [1.54, 1.807) is 36.4 Å². The van der Waals surface area contributed by atoms with E-state index in [0.717, 1.165) is 0 Å². The van der Waals surface area contributed by atoms with E-state index in [2.05, 4.69) is 5.32 Å². The molecule has 3 amide bonds. The summed E-state index contributed by atoms with van der Waals surface area (Å²) in [7, 11) is 0. The molecule has 0 saturated carbocycles. The number of ether oxygens (including phenoxy) is 1. The van der Waals surface area contributed by atoms with Gasteiger partial charge in [-0.3, -0.25) is 24.1 Å². The molecule has 0 atom stereocenters. The average Bonchev–Trinajstić information content (AvgIpc) is 2.99. The zero-order valence-corrected chi connectivity index (χ0v) is 18.0. The van der Waals surface area contributed by atoms with Crippen molar-refractivity contribution in [2.45, 2.75) is 25.7 Å². The lowest BCUT2D eigenvalue weighted by atomic mass is 10.1. The molecule has 162 valence electrons. The van der Waals surface area contributed by atoms with Crippen LogP contribution in [0.3, 0.4) is 0 Å². The standard InChI is InChI=1S/C22H20Cl2N2O5/c23-14-9-10-18(17(24)12-14)25-19(27)13-31-20(28)8-2-1-5-11-26-21(29)15-6-3-4-7-16(15)22(26)30/h3-4,6-7,9-10,12H,1-2,5,8,11,13H2,(H,25,27). The van der Waals surface area contributed by atoms with Gasteiger partial charge in [-0.05, 0) is 43.2 Å². The largest absolute Gasteiger partial charge is 0.456 e. The third kappa shape index (κ3) is 5.83. The third-order valence-electron chi connectivity index (χ3n) is 4.71. The van der Waals surface area contributed by atoms with Crippen LogP contribution in [0.15, 0.2) is 42.5 Å². The SMILES string of the molecule is O=C(COC(=O)CCCCCN1C(=O)c2ccccc2C1=O)Nc1ccc(Cl)cc1Cl. The first-order chi connectivity index (χ1) is 14.9. The quantitative estimate of drug-likeness (QED) is 0.340. The molecule has 0 aliphatic carbocycles. The molecule has 1 N–H and O–H groups in total. The predicted octanol–water partition coefficient (Wildman–Crippen LogP) is 4.33. The van der Waals surface area contributed by atoms with Crippen molar-refractivity contribution in [1.82, 2.24) is 4.90 Å². The van der Waals surface area contributed by atoms with E-state index in [-0.39, 0.29) is 23.3 Å². The zero-order valence-electron chi connectivity index (χ0n) is 16.5. The van der Waals surface area contributed by atoms with Crippen LogP contribution in [-0.2, 0) is 14.3 Å². The number of rotatable bonds is 9. The molecule has 0 spiro atoms. The second kappa shape index (κ2) is 10.4. The van der Waals surface area contributed by atoms with Crippen LogP contribution in [-0.4, -0.2) is 41.7 Å². The van der Waals surface area contributed by atoms with E-state index in [1.165, 1.54) is 11.0 Å². The summed E-state index contributed by atoms with van der Waals surface area (Å²) < 4.78 is 4.96. The van der Waals surface area contributed by atoms with Gasteiger partial charge >= 0.3 is 5.97 Å². The van der Waals surface area contributed by atoms with Gasteiger partial charge in [-0.2, -0.15) is 0 Å². The van der Waals surface area contributed by atoms with Crippen molar-refractivity contribution in [2.24, 2.45) is 0 Å². The van der Waals surface area contributed by atoms with Gasteiger partial charge in [-0.15, -0.1) is 0 Å². The smallest absolute Gasteiger partial charge is 0.306 e. The number of carbonyl (C=O) groups excluding carboxylic acids is 4. The second-order valence-corrected chi connectivity index (χ2v) is 7.79. The van der Waals surface area contributed by atoms with Crippen molar-refractivity contribution in [1.29, 1.82) is 0 Å². The highest BCUT2D eigenvalue weighted by Crippen LogP contribution is 2.25. The minimum atomic E-state index is -0.511. The molecule has 1 aliphatic heterocycles. The van der Waals surface area contributed by atoms with E-state index in [4.69, 9.17) is 27.9 Å². The van der Waals surface area contributed by atoms with Gasteiger partial charge in [0.1, 0.15) is 0 Å². The monoisotopic (exact) mass is 462 g/mol. The fraction of sp³-hybridized carbons (Fsp3) is 0.273. The lowest BCUT2D eigenvalue weighted by Crippen LogP contribution is -2.30. The Morgan fingerprint density at radius 1 is 0.935 bits per heavy atom. The van der Waals surface area contributed by atoms with E-state index in [1.807, 2.05) is 0 Å². The topological polar surface area (TPSA) is 92.8 Å². The Morgan fingerprint density at radius 2 is 1.61 bits per heavy atom. The molecule has 31 heavy (non-hydrogen) atoms. The lowest BCUT2D eigenvalue weighted by molar-refractivity contribution is -0.147. The van der Waals surface area contributed by atoms with Gasteiger partial charge in [0.2, 0.25) is 0 Å². The molecule has 3 rings (SSSR count). The van der Waals surface area contributed by atoms with Crippen LogP contribution in [0.25, 0.3) is 0 Å². The molecule has 1 aliphatic rings. The summed E-state index contributed by atoms with van der Waals surface area (Å²) >= 11 is 11.8. The maximum atomic E-state index is 12.3. The van der Waals surface area contributed by atoms with Crippen LogP contribution in [0.1, 0.15) is 46.4 Å². The Hall–Kier alpha value is -2.90. The first-order valence-corrected chi connectivity index (χ1v) is 10.5. The Morgan fingerprint density at radius 3 is 2.26 bits per heavy atom. The number of halogens is 2. The Balaban J connectivity index is 1.31. The number of carbonyl (C=O) groups is 4. The van der Waals surface area contributed by atoms with Crippen molar-refractivity contribution < 1.29 is 23.9 Å². The Labute approximate surface area is 189 Å². The molecule has 0 bridgehead atoms. The van der Waals surface area contributed by atoms with Gasteiger partial charge in [0.15, 0.2) is 6.61 Å². The minimum absolute atomic E-state index is 0.136. The summed E-state index contributed by atoms with van der Waals surface area (Å²) in [5.41, 5.74) is 1.23. The molecule has 0 radical (unpaired) electrons. The molecule has 9 heteroatoms. The molecule has 1 heterocycles. The first kappa shape index (κ1) is 22.8. The molecule has 0 saturated heterocycles. The molecule has 0 aromatic heterocycles. The van der Waals surface area contributed by atoms with Crippen molar-refractivity contribution >= 4 is 52.6 Å². The number of unbranched alkanes of at least 4 members (excludes halogenated alkanes) is 2. The first-order valence-electron chi connectivity index (χ1n) is 9.72. The molecular formula is C22H20Cl2N2O5. The summed E-state index contributed by atoms with van der Waals surface area (Å²) in [6.07, 6.45) is 1.87. The number of fused-ring (bicyclic) bond motifs is 1. The molecule has 0 fully saturated rings. The zero-order chi connectivity index (χ0) is 22.4. The van der Waals surface area contributed by atoms with Gasteiger partial charge in [0.05, 0.1) is 21.8 Å². The molecular weight excluding hydrogens is 443 g/mol.